The van der Waals surface area contributed by atoms with Gasteiger partial charge in [0.15, 0.2) is 11.6 Å². The molecule has 0 spiro atoms. The highest BCUT2D eigenvalue weighted by Crippen LogP contribution is 2.29. The van der Waals surface area contributed by atoms with Crippen molar-refractivity contribution in [1.29, 1.82) is 0 Å². The third kappa shape index (κ3) is 2.52. The molecule has 0 aromatic heterocycles. The molecule has 1 heterocycles. The highest BCUT2D eigenvalue weighted by atomic mass is 19.2. The zero-order valence-corrected chi connectivity index (χ0v) is 10.7. The maximum Gasteiger partial charge on any atom is 0.256 e. The van der Waals surface area contributed by atoms with Crippen molar-refractivity contribution < 1.29 is 13.6 Å². The quantitative estimate of drug-likeness (QED) is 0.752. The van der Waals surface area contributed by atoms with E-state index in [1.165, 1.54) is 12.1 Å². The lowest BCUT2D eigenvalue weighted by atomic mass is 9.84. The molecule has 0 saturated carbocycles. The first-order chi connectivity index (χ1) is 8.41. The van der Waals surface area contributed by atoms with E-state index in [4.69, 9.17) is 0 Å². The molecule has 0 atom stereocenters. The number of halogens is 2. The molecule has 1 aromatic rings. The van der Waals surface area contributed by atoms with Crippen LogP contribution in [0.1, 0.15) is 37.0 Å². The molecule has 2 rings (SSSR count). The van der Waals surface area contributed by atoms with Crippen LogP contribution in [0.25, 0.3) is 0 Å². The van der Waals surface area contributed by atoms with Crippen molar-refractivity contribution in [2.24, 2.45) is 5.41 Å². The van der Waals surface area contributed by atoms with Gasteiger partial charge in [-0.15, -0.1) is 0 Å². The number of carbonyl (C=O) groups excluding carboxylic acids is 1. The highest BCUT2D eigenvalue weighted by Gasteiger charge is 2.30. The lowest BCUT2D eigenvalue weighted by molar-refractivity contribution is 0.0578. The van der Waals surface area contributed by atoms with Gasteiger partial charge in [-0.3, -0.25) is 4.79 Å². The molecule has 0 radical (unpaired) electrons. The van der Waals surface area contributed by atoms with Crippen LogP contribution >= 0.6 is 0 Å². The van der Waals surface area contributed by atoms with Crippen LogP contribution in [0.5, 0.6) is 0 Å². The maximum atomic E-state index is 13.6. The van der Waals surface area contributed by atoms with Crippen molar-refractivity contribution in [2.75, 3.05) is 13.1 Å². The predicted molar refractivity (Wildman–Crippen MR) is 65.3 cm³/mol. The van der Waals surface area contributed by atoms with E-state index in [0.717, 1.165) is 18.9 Å². The number of benzene rings is 1. The molecular formula is C14H17F2NO. The maximum absolute atomic E-state index is 13.6. The van der Waals surface area contributed by atoms with Crippen molar-refractivity contribution >= 4 is 5.91 Å². The largest absolute Gasteiger partial charge is 0.338 e. The fourth-order valence-corrected chi connectivity index (χ4v) is 2.44. The number of amides is 1. The van der Waals surface area contributed by atoms with E-state index in [0.29, 0.717) is 13.1 Å². The lowest BCUT2D eigenvalue weighted by Gasteiger charge is -2.38. The zero-order valence-electron chi connectivity index (χ0n) is 10.7. The molecule has 98 valence electrons. The molecule has 1 aliphatic heterocycles. The smallest absolute Gasteiger partial charge is 0.256 e. The van der Waals surface area contributed by atoms with Crippen LogP contribution in [-0.4, -0.2) is 23.9 Å². The number of hydrogen-bond acceptors (Lipinski definition) is 1. The van der Waals surface area contributed by atoms with Gasteiger partial charge in [0, 0.05) is 13.1 Å². The Hall–Kier alpha value is -1.45. The highest BCUT2D eigenvalue weighted by molar-refractivity contribution is 5.94. The third-order valence-electron chi connectivity index (χ3n) is 3.37. The standard InChI is InChI=1S/C14H17F2NO/c1-14(2)7-4-8-17(9-14)13(18)10-5-3-6-11(15)12(10)16/h3,5-6H,4,7-9H2,1-2H3. The number of nitrogens with zero attached hydrogens (tertiary/aromatic N) is 1. The van der Waals surface area contributed by atoms with Crippen molar-refractivity contribution in [2.45, 2.75) is 26.7 Å². The van der Waals surface area contributed by atoms with Gasteiger partial charge in [-0.1, -0.05) is 19.9 Å². The first-order valence-electron chi connectivity index (χ1n) is 6.14. The topological polar surface area (TPSA) is 20.3 Å². The van der Waals surface area contributed by atoms with Gasteiger partial charge >= 0.3 is 0 Å². The molecule has 0 N–H and O–H groups in total. The Morgan fingerprint density at radius 2 is 2.06 bits per heavy atom. The predicted octanol–water partition coefficient (Wildman–Crippen LogP) is 3.23. The van der Waals surface area contributed by atoms with Gasteiger partial charge in [0.1, 0.15) is 0 Å². The van der Waals surface area contributed by atoms with E-state index < -0.39 is 17.5 Å². The van der Waals surface area contributed by atoms with E-state index >= 15 is 0 Å². The molecule has 0 unspecified atom stereocenters. The molecule has 4 heteroatoms. The van der Waals surface area contributed by atoms with E-state index in [2.05, 4.69) is 13.8 Å². The second kappa shape index (κ2) is 4.67. The van der Waals surface area contributed by atoms with Gasteiger partial charge < -0.3 is 4.90 Å². The van der Waals surface area contributed by atoms with Crippen LogP contribution in [0, 0.1) is 17.0 Å². The molecule has 0 bridgehead atoms. The van der Waals surface area contributed by atoms with Crippen LogP contribution in [-0.2, 0) is 0 Å². The minimum Gasteiger partial charge on any atom is -0.338 e. The van der Waals surface area contributed by atoms with Crippen molar-refractivity contribution in [3.8, 4) is 0 Å². The van der Waals surface area contributed by atoms with Crippen molar-refractivity contribution in [3.63, 3.8) is 0 Å². The fourth-order valence-electron chi connectivity index (χ4n) is 2.44. The SMILES string of the molecule is CC1(C)CCCN(C(=O)c2cccc(F)c2F)C1. The van der Waals surface area contributed by atoms with E-state index in [-0.39, 0.29) is 11.0 Å². The Balaban J connectivity index is 2.23. The Bertz CT molecular complexity index is 471. The van der Waals surface area contributed by atoms with Gasteiger partial charge in [0.25, 0.3) is 5.91 Å². The molecular weight excluding hydrogens is 236 g/mol. The molecule has 2 nitrogen and oxygen atoms in total. The summed E-state index contributed by atoms with van der Waals surface area (Å²) < 4.78 is 26.7. The summed E-state index contributed by atoms with van der Waals surface area (Å²) in [7, 11) is 0. The van der Waals surface area contributed by atoms with Gasteiger partial charge in [-0.2, -0.15) is 0 Å². The van der Waals surface area contributed by atoms with Crippen molar-refractivity contribution in [1.82, 2.24) is 4.90 Å². The minimum absolute atomic E-state index is 0.0394. The van der Waals surface area contributed by atoms with Crippen LogP contribution in [0.15, 0.2) is 18.2 Å². The Labute approximate surface area is 106 Å². The van der Waals surface area contributed by atoms with Gasteiger partial charge in [-0.25, -0.2) is 8.78 Å². The number of rotatable bonds is 1. The summed E-state index contributed by atoms with van der Waals surface area (Å²) in [4.78, 5) is 13.8. The third-order valence-corrected chi connectivity index (χ3v) is 3.37. The van der Waals surface area contributed by atoms with Crippen molar-refractivity contribution in [3.05, 3.63) is 35.4 Å². The van der Waals surface area contributed by atoms with Crippen LogP contribution in [0.2, 0.25) is 0 Å². The van der Waals surface area contributed by atoms with Gasteiger partial charge in [-0.05, 0) is 30.4 Å². The number of piperidine rings is 1. The first-order valence-corrected chi connectivity index (χ1v) is 6.14. The molecule has 1 fully saturated rings. The second-order valence-electron chi connectivity index (χ2n) is 5.60. The van der Waals surface area contributed by atoms with Gasteiger partial charge in [0.05, 0.1) is 5.56 Å². The summed E-state index contributed by atoms with van der Waals surface area (Å²) in [6.07, 6.45) is 1.94. The zero-order chi connectivity index (χ0) is 13.3. The number of carbonyl (C=O) groups is 1. The van der Waals surface area contributed by atoms with Crippen LogP contribution < -0.4 is 0 Å². The van der Waals surface area contributed by atoms with E-state index in [1.54, 1.807) is 4.90 Å². The second-order valence-corrected chi connectivity index (χ2v) is 5.60. The monoisotopic (exact) mass is 253 g/mol. The summed E-state index contributed by atoms with van der Waals surface area (Å²) in [5, 5.41) is 0. The Kier molecular flexibility index (Phi) is 3.37. The minimum atomic E-state index is -1.05. The van der Waals surface area contributed by atoms with E-state index in [9.17, 15) is 13.6 Å². The molecule has 1 aliphatic rings. The summed E-state index contributed by atoms with van der Waals surface area (Å²) in [6.45, 7) is 5.35. The fraction of sp³-hybridized carbons (Fsp3) is 0.500. The number of likely N-dealkylation sites (tertiary alicyclic amines) is 1. The molecule has 1 saturated heterocycles. The average molecular weight is 253 g/mol. The van der Waals surface area contributed by atoms with Crippen LogP contribution in [0.4, 0.5) is 8.78 Å². The summed E-state index contributed by atoms with van der Waals surface area (Å²) in [6, 6.07) is 3.72. The Morgan fingerprint density at radius 1 is 1.33 bits per heavy atom. The normalized spacial score (nSPS) is 18.8. The number of hydrogen-bond donors (Lipinski definition) is 0. The molecule has 0 aliphatic carbocycles. The van der Waals surface area contributed by atoms with E-state index in [1.807, 2.05) is 0 Å². The molecule has 18 heavy (non-hydrogen) atoms. The summed E-state index contributed by atoms with van der Waals surface area (Å²) in [5.41, 5.74) is -0.134. The van der Waals surface area contributed by atoms with Gasteiger partial charge in [0.2, 0.25) is 0 Å². The Morgan fingerprint density at radius 3 is 2.72 bits per heavy atom. The first kappa shape index (κ1) is 13.0. The molecule has 1 aromatic carbocycles. The van der Waals surface area contributed by atoms with Crippen LogP contribution in [0.3, 0.4) is 0 Å². The summed E-state index contributed by atoms with van der Waals surface area (Å²) in [5.74, 6) is -2.44. The molecule has 1 amide bonds. The lowest BCUT2D eigenvalue weighted by Crippen LogP contribution is -2.43. The average Bonchev–Trinajstić information content (AvgIpc) is 2.30. The summed E-state index contributed by atoms with van der Waals surface area (Å²) >= 11 is 0.